The minimum absolute atomic E-state index is 0.0709. The molecule has 20 heavy (non-hydrogen) atoms. The molecule has 2 unspecified atom stereocenters. The summed E-state index contributed by atoms with van der Waals surface area (Å²) in [7, 11) is 0. The van der Waals surface area contributed by atoms with Crippen molar-refractivity contribution >= 4 is 17.2 Å². The van der Waals surface area contributed by atoms with Crippen molar-refractivity contribution in [2.75, 3.05) is 13.1 Å². The van der Waals surface area contributed by atoms with Gasteiger partial charge in [0.2, 0.25) is 0 Å². The first-order valence-corrected chi connectivity index (χ1v) is 8.34. The lowest BCUT2D eigenvalue weighted by molar-refractivity contribution is 0.0655. The van der Waals surface area contributed by atoms with Gasteiger partial charge in [-0.05, 0) is 31.6 Å². The molecule has 1 aromatic rings. The van der Waals surface area contributed by atoms with Crippen molar-refractivity contribution in [3.8, 4) is 0 Å². The minimum atomic E-state index is 0.0709. The van der Waals surface area contributed by atoms with Crippen LogP contribution in [0.25, 0.3) is 0 Å². The van der Waals surface area contributed by atoms with Crippen LogP contribution in [0.3, 0.4) is 0 Å². The molecule has 1 amide bonds. The van der Waals surface area contributed by atoms with Gasteiger partial charge in [0.15, 0.2) is 0 Å². The standard InChI is InChI=1S/C15H25N3OS/c1-10(2)7-14-17-13(9-20-14)15(19)18-6-4-5-12(8-18)11(3)16/h9-12H,4-8,16H2,1-3H3. The van der Waals surface area contributed by atoms with E-state index in [1.54, 1.807) is 11.3 Å². The van der Waals surface area contributed by atoms with Crippen molar-refractivity contribution in [3.63, 3.8) is 0 Å². The molecule has 1 saturated heterocycles. The van der Waals surface area contributed by atoms with E-state index < -0.39 is 0 Å². The third-order valence-corrected chi connectivity index (χ3v) is 4.71. The Morgan fingerprint density at radius 2 is 2.30 bits per heavy atom. The Morgan fingerprint density at radius 3 is 2.95 bits per heavy atom. The zero-order valence-electron chi connectivity index (χ0n) is 12.6. The average Bonchev–Trinajstić information content (AvgIpc) is 2.85. The lowest BCUT2D eigenvalue weighted by atomic mass is 9.92. The monoisotopic (exact) mass is 295 g/mol. The summed E-state index contributed by atoms with van der Waals surface area (Å²) in [4.78, 5) is 18.9. The maximum Gasteiger partial charge on any atom is 0.273 e. The molecule has 0 saturated carbocycles. The molecule has 0 aromatic carbocycles. The lowest BCUT2D eigenvalue weighted by Gasteiger charge is -2.34. The van der Waals surface area contributed by atoms with Crippen LogP contribution in [0, 0.1) is 11.8 Å². The fraction of sp³-hybridized carbons (Fsp3) is 0.733. The van der Waals surface area contributed by atoms with Gasteiger partial charge in [0.25, 0.3) is 5.91 Å². The molecule has 1 fully saturated rings. The number of rotatable bonds is 4. The molecule has 2 heterocycles. The highest BCUT2D eigenvalue weighted by Crippen LogP contribution is 2.22. The van der Waals surface area contributed by atoms with Gasteiger partial charge >= 0.3 is 0 Å². The number of nitrogens with two attached hydrogens (primary N) is 1. The van der Waals surface area contributed by atoms with Crippen LogP contribution in [0.4, 0.5) is 0 Å². The van der Waals surface area contributed by atoms with Crippen molar-refractivity contribution in [1.29, 1.82) is 0 Å². The van der Waals surface area contributed by atoms with Crippen LogP contribution in [0.2, 0.25) is 0 Å². The first-order valence-electron chi connectivity index (χ1n) is 7.46. The molecule has 0 radical (unpaired) electrons. The molecule has 1 aliphatic rings. The molecule has 0 bridgehead atoms. The summed E-state index contributed by atoms with van der Waals surface area (Å²) in [6, 6.07) is 0.150. The number of hydrogen-bond donors (Lipinski definition) is 1. The Bertz CT molecular complexity index is 456. The molecule has 0 spiro atoms. The van der Waals surface area contributed by atoms with Crippen molar-refractivity contribution in [2.24, 2.45) is 17.6 Å². The van der Waals surface area contributed by atoms with Crippen LogP contribution >= 0.6 is 11.3 Å². The van der Waals surface area contributed by atoms with Crippen LogP contribution in [0.15, 0.2) is 5.38 Å². The van der Waals surface area contributed by atoms with E-state index >= 15 is 0 Å². The molecule has 2 rings (SSSR count). The smallest absolute Gasteiger partial charge is 0.273 e. The van der Waals surface area contributed by atoms with Crippen LogP contribution < -0.4 is 5.73 Å². The van der Waals surface area contributed by atoms with Crippen molar-refractivity contribution < 1.29 is 4.79 Å². The van der Waals surface area contributed by atoms with E-state index in [0.29, 0.717) is 17.5 Å². The normalized spacial score (nSPS) is 21.2. The summed E-state index contributed by atoms with van der Waals surface area (Å²) in [6.45, 7) is 7.97. The fourth-order valence-corrected chi connectivity index (χ4v) is 3.62. The highest BCUT2D eigenvalue weighted by Gasteiger charge is 2.27. The summed E-state index contributed by atoms with van der Waals surface area (Å²) in [5.74, 6) is 1.06. The lowest BCUT2D eigenvalue weighted by Crippen LogP contribution is -2.45. The molecule has 0 aliphatic carbocycles. The fourth-order valence-electron chi connectivity index (χ4n) is 2.64. The second-order valence-corrected chi connectivity index (χ2v) is 7.18. The highest BCUT2D eigenvalue weighted by atomic mass is 32.1. The summed E-state index contributed by atoms with van der Waals surface area (Å²) in [5.41, 5.74) is 6.58. The number of aromatic nitrogens is 1. The zero-order valence-corrected chi connectivity index (χ0v) is 13.4. The Labute approximate surface area is 125 Å². The molecular formula is C15H25N3OS. The molecular weight excluding hydrogens is 270 g/mol. The highest BCUT2D eigenvalue weighted by molar-refractivity contribution is 7.09. The van der Waals surface area contributed by atoms with Gasteiger partial charge in [-0.1, -0.05) is 13.8 Å². The molecule has 1 aromatic heterocycles. The molecule has 2 atom stereocenters. The van der Waals surface area contributed by atoms with E-state index in [1.165, 1.54) is 0 Å². The van der Waals surface area contributed by atoms with Gasteiger partial charge in [0.1, 0.15) is 5.69 Å². The van der Waals surface area contributed by atoms with Crippen LogP contribution in [-0.2, 0) is 6.42 Å². The summed E-state index contributed by atoms with van der Waals surface area (Å²) >= 11 is 1.59. The molecule has 1 aliphatic heterocycles. The predicted octanol–water partition coefficient (Wildman–Crippen LogP) is 2.54. The summed E-state index contributed by atoms with van der Waals surface area (Å²) < 4.78 is 0. The number of carbonyl (C=O) groups excluding carboxylic acids is 1. The number of amides is 1. The third-order valence-electron chi connectivity index (χ3n) is 3.84. The van der Waals surface area contributed by atoms with Crippen molar-refractivity contribution in [3.05, 3.63) is 16.1 Å². The van der Waals surface area contributed by atoms with Gasteiger partial charge < -0.3 is 10.6 Å². The number of piperidine rings is 1. The van der Waals surface area contributed by atoms with Crippen molar-refractivity contribution in [1.82, 2.24) is 9.88 Å². The molecule has 4 nitrogen and oxygen atoms in total. The minimum Gasteiger partial charge on any atom is -0.337 e. The zero-order chi connectivity index (χ0) is 14.7. The van der Waals surface area contributed by atoms with E-state index in [-0.39, 0.29) is 11.9 Å². The molecule has 112 valence electrons. The largest absolute Gasteiger partial charge is 0.337 e. The quantitative estimate of drug-likeness (QED) is 0.928. The first kappa shape index (κ1) is 15.4. The van der Waals surface area contributed by atoms with Gasteiger partial charge in [-0.15, -0.1) is 11.3 Å². The molecule has 2 N–H and O–H groups in total. The maximum absolute atomic E-state index is 12.5. The van der Waals surface area contributed by atoms with Gasteiger partial charge in [-0.2, -0.15) is 0 Å². The Morgan fingerprint density at radius 1 is 1.55 bits per heavy atom. The third kappa shape index (κ3) is 3.79. The van der Waals surface area contributed by atoms with Gasteiger partial charge in [0, 0.05) is 30.9 Å². The van der Waals surface area contributed by atoms with Gasteiger partial charge in [0.05, 0.1) is 5.01 Å². The average molecular weight is 295 g/mol. The second kappa shape index (κ2) is 6.68. The number of thiazole rings is 1. The van der Waals surface area contributed by atoms with E-state index in [2.05, 4.69) is 18.8 Å². The van der Waals surface area contributed by atoms with E-state index in [0.717, 1.165) is 37.4 Å². The van der Waals surface area contributed by atoms with E-state index in [1.807, 2.05) is 17.2 Å². The molecule has 5 heteroatoms. The second-order valence-electron chi connectivity index (χ2n) is 6.24. The summed E-state index contributed by atoms with van der Waals surface area (Å²) in [6.07, 6.45) is 3.11. The van der Waals surface area contributed by atoms with E-state index in [9.17, 15) is 4.79 Å². The Balaban J connectivity index is 2.01. The van der Waals surface area contributed by atoms with Crippen molar-refractivity contribution in [2.45, 2.75) is 46.1 Å². The first-order chi connectivity index (χ1) is 9.47. The Hall–Kier alpha value is -0.940. The van der Waals surface area contributed by atoms with Gasteiger partial charge in [-0.25, -0.2) is 4.98 Å². The maximum atomic E-state index is 12.5. The summed E-state index contributed by atoms with van der Waals surface area (Å²) in [5, 5.41) is 2.96. The van der Waals surface area contributed by atoms with Gasteiger partial charge in [-0.3, -0.25) is 4.79 Å². The van der Waals surface area contributed by atoms with E-state index in [4.69, 9.17) is 5.73 Å². The predicted molar refractivity (Wildman–Crippen MR) is 82.9 cm³/mol. The topological polar surface area (TPSA) is 59.2 Å². The number of likely N-dealkylation sites (tertiary alicyclic amines) is 1. The number of nitrogens with zero attached hydrogens (tertiary/aromatic N) is 2. The Kier molecular flexibility index (Phi) is 5.16. The number of hydrogen-bond acceptors (Lipinski definition) is 4. The van der Waals surface area contributed by atoms with Crippen LogP contribution in [0.1, 0.15) is 49.1 Å². The SMILES string of the molecule is CC(C)Cc1nc(C(=O)N2CCCC(C(C)N)C2)cs1. The van der Waals surface area contributed by atoms with Crippen LogP contribution in [-0.4, -0.2) is 34.9 Å². The van der Waals surface area contributed by atoms with Crippen LogP contribution in [0.5, 0.6) is 0 Å². The number of carbonyl (C=O) groups is 1.